The van der Waals surface area contributed by atoms with Crippen LogP contribution in [-0.2, 0) is 9.59 Å². The molecule has 0 aromatic carbocycles. The average Bonchev–Trinajstić information content (AvgIpc) is 2.12. The van der Waals surface area contributed by atoms with Crippen LogP contribution in [0.3, 0.4) is 0 Å². The summed E-state index contributed by atoms with van der Waals surface area (Å²) in [6.07, 6.45) is 0.845. The van der Waals surface area contributed by atoms with Crippen LogP contribution in [0.5, 0.6) is 0 Å². The molecule has 0 rings (SSSR count). The molecule has 5 nitrogen and oxygen atoms in total. The van der Waals surface area contributed by atoms with Gasteiger partial charge in [0.15, 0.2) is 0 Å². The van der Waals surface area contributed by atoms with Crippen molar-refractivity contribution in [2.75, 3.05) is 39.8 Å². The Kier molecular flexibility index (Phi) is 8.07. The molecule has 0 aromatic heterocycles. The molecule has 82 valence electrons. The Morgan fingerprint density at radius 1 is 1.36 bits per heavy atom. The Labute approximate surface area is 84.8 Å². The number of carbonyl (C=O) groups is 2. The highest BCUT2D eigenvalue weighted by atomic mass is 16.1. The summed E-state index contributed by atoms with van der Waals surface area (Å²) in [4.78, 5) is 22.6. The first-order valence-electron chi connectivity index (χ1n) is 4.74. The summed E-state index contributed by atoms with van der Waals surface area (Å²) in [5, 5.41) is 5.69. The van der Waals surface area contributed by atoms with E-state index in [1.165, 1.54) is 6.92 Å². The van der Waals surface area contributed by atoms with Gasteiger partial charge in [-0.15, -0.1) is 0 Å². The topological polar surface area (TPSA) is 61.4 Å². The lowest BCUT2D eigenvalue weighted by Crippen LogP contribution is -2.35. The van der Waals surface area contributed by atoms with Crippen molar-refractivity contribution in [3.05, 3.63) is 0 Å². The molecule has 0 aliphatic rings. The van der Waals surface area contributed by atoms with Crippen LogP contribution in [0.1, 0.15) is 6.92 Å². The van der Waals surface area contributed by atoms with Gasteiger partial charge in [-0.05, 0) is 7.05 Å². The summed E-state index contributed by atoms with van der Waals surface area (Å²) in [6, 6.07) is 0. The molecule has 0 heterocycles. The van der Waals surface area contributed by atoms with Crippen molar-refractivity contribution < 1.29 is 9.59 Å². The van der Waals surface area contributed by atoms with Gasteiger partial charge in [-0.1, -0.05) is 0 Å². The van der Waals surface area contributed by atoms with Gasteiger partial charge in [0.25, 0.3) is 0 Å². The van der Waals surface area contributed by atoms with E-state index in [2.05, 4.69) is 15.5 Å². The van der Waals surface area contributed by atoms with Crippen LogP contribution < -0.4 is 10.6 Å². The molecule has 0 aliphatic carbocycles. The number of nitrogens with zero attached hydrogens (tertiary/aromatic N) is 1. The quantitative estimate of drug-likeness (QED) is 0.384. The van der Waals surface area contributed by atoms with Gasteiger partial charge in [0, 0.05) is 33.1 Å². The fourth-order valence-electron chi connectivity index (χ4n) is 0.966. The van der Waals surface area contributed by atoms with Crippen molar-refractivity contribution in [2.24, 2.45) is 0 Å². The van der Waals surface area contributed by atoms with Gasteiger partial charge in [-0.2, -0.15) is 0 Å². The maximum absolute atomic E-state index is 10.5. The van der Waals surface area contributed by atoms with Crippen LogP contribution >= 0.6 is 0 Å². The zero-order valence-corrected chi connectivity index (χ0v) is 8.88. The Bertz CT molecular complexity index is 173. The van der Waals surface area contributed by atoms with E-state index in [1.54, 1.807) is 0 Å². The number of hydrogen-bond acceptors (Lipinski definition) is 4. The monoisotopic (exact) mass is 201 g/mol. The first kappa shape index (κ1) is 13.1. The minimum Gasteiger partial charge on any atom is -0.355 e. The highest BCUT2D eigenvalue weighted by Crippen LogP contribution is 1.78. The summed E-state index contributed by atoms with van der Waals surface area (Å²) in [5.74, 6) is -0.00233. The molecule has 0 radical (unpaired) electrons. The first-order valence-corrected chi connectivity index (χ1v) is 4.74. The number of likely N-dealkylation sites (N-methyl/N-ethyl adjacent to an activating group) is 1. The third kappa shape index (κ3) is 9.15. The fourth-order valence-corrected chi connectivity index (χ4v) is 0.966. The lowest BCUT2D eigenvalue weighted by molar-refractivity contribution is -0.119. The van der Waals surface area contributed by atoms with Gasteiger partial charge < -0.3 is 20.3 Å². The van der Waals surface area contributed by atoms with Gasteiger partial charge in [0.05, 0.1) is 6.54 Å². The zero-order valence-electron chi connectivity index (χ0n) is 8.88. The molecule has 0 aromatic rings. The maximum Gasteiger partial charge on any atom is 0.216 e. The number of amides is 1. The smallest absolute Gasteiger partial charge is 0.216 e. The average molecular weight is 201 g/mol. The fraction of sp³-hybridized carbons (Fsp3) is 0.778. The van der Waals surface area contributed by atoms with Gasteiger partial charge in [0.1, 0.15) is 6.29 Å². The minimum absolute atomic E-state index is 0.00233. The van der Waals surface area contributed by atoms with E-state index >= 15 is 0 Å². The molecule has 0 atom stereocenters. The van der Waals surface area contributed by atoms with Crippen LogP contribution in [0.2, 0.25) is 0 Å². The molecule has 0 saturated carbocycles. The van der Waals surface area contributed by atoms with E-state index in [4.69, 9.17) is 0 Å². The van der Waals surface area contributed by atoms with Crippen LogP contribution in [0.15, 0.2) is 0 Å². The number of carbonyl (C=O) groups excluding carboxylic acids is 2. The largest absolute Gasteiger partial charge is 0.355 e. The molecule has 0 unspecified atom stereocenters. The van der Waals surface area contributed by atoms with Crippen LogP contribution in [-0.4, -0.2) is 56.9 Å². The van der Waals surface area contributed by atoms with Gasteiger partial charge in [-0.25, -0.2) is 0 Å². The zero-order chi connectivity index (χ0) is 10.8. The Hall–Kier alpha value is -0.940. The number of rotatable bonds is 8. The van der Waals surface area contributed by atoms with Gasteiger partial charge in [-0.3, -0.25) is 4.79 Å². The summed E-state index contributed by atoms with van der Waals surface area (Å²) >= 11 is 0. The number of nitrogens with one attached hydrogen (secondary N) is 2. The molecule has 0 saturated heterocycles. The lowest BCUT2D eigenvalue weighted by Gasteiger charge is -2.16. The van der Waals surface area contributed by atoms with Crippen molar-refractivity contribution in [1.82, 2.24) is 15.5 Å². The Morgan fingerprint density at radius 2 is 2.00 bits per heavy atom. The third-order valence-corrected chi connectivity index (χ3v) is 1.77. The van der Waals surface area contributed by atoms with E-state index in [1.807, 2.05) is 7.05 Å². The predicted octanol–water partition coefficient (Wildman–Crippen LogP) is -1.16. The highest BCUT2D eigenvalue weighted by molar-refractivity contribution is 5.72. The maximum atomic E-state index is 10.5. The molecular weight excluding hydrogens is 182 g/mol. The molecule has 0 aliphatic heterocycles. The summed E-state index contributed by atoms with van der Waals surface area (Å²) in [5.41, 5.74) is 0. The van der Waals surface area contributed by atoms with E-state index in [0.717, 1.165) is 25.9 Å². The Morgan fingerprint density at radius 3 is 2.57 bits per heavy atom. The molecule has 0 bridgehead atoms. The first-order chi connectivity index (χ1) is 6.66. The van der Waals surface area contributed by atoms with Crippen LogP contribution in [0.4, 0.5) is 0 Å². The van der Waals surface area contributed by atoms with Crippen molar-refractivity contribution in [3.63, 3.8) is 0 Å². The van der Waals surface area contributed by atoms with Crippen molar-refractivity contribution in [3.8, 4) is 0 Å². The number of hydrogen-bond donors (Lipinski definition) is 2. The van der Waals surface area contributed by atoms with Gasteiger partial charge in [0.2, 0.25) is 5.91 Å². The standard InChI is InChI=1S/C9H19N3O2/c1-9(14)11-4-7-12(2)6-3-10-5-8-13/h8,10H,3-7H2,1-2H3,(H,11,14). The van der Waals surface area contributed by atoms with Gasteiger partial charge >= 0.3 is 0 Å². The van der Waals surface area contributed by atoms with Crippen LogP contribution in [0.25, 0.3) is 0 Å². The predicted molar refractivity (Wildman–Crippen MR) is 55.1 cm³/mol. The Balaban J connectivity index is 3.23. The molecule has 0 fully saturated rings. The van der Waals surface area contributed by atoms with Crippen molar-refractivity contribution in [1.29, 1.82) is 0 Å². The highest BCUT2D eigenvalue weighted by Gasteiger charge is 1.97. The summed E-state index contributed by atoms with van der Waals surface area (Å²) < 4.78 is 0. The van der Waals surface area contributed by atoms with Crippen molar-refractivity contribution >= 4 is 12.2 Å². The normalized spacial score (nSPS) is 10.2. The summed E-state index contributed by atoms with van der Waals surface area (Å²) in [6.45, 7) is 5.05. The minimum atomic E-state index is -0.00233. The molecule has 1 amide bonds. The molecule has 0 spiro atoms. The second-order valence-corrected chi connectivity index (χ2v) is 3.16. The molecule has 2 N–H and O–H groups in total. The van der Waals surface area contributed by atoms with Crippen molar-refractivity contribution in [2.45, 2.75) is 6.92 Å². The van der Waals surface area contributed by atoms with E-state index in [0.29, 0.717) is 13.1 Å². The number of aldehydes is 1. The third-order valence-electron chi connectivity index (χ3n) is 1.77. The molecule has 14 heavy (non-hydrogen) atoms. The molecular formula is C9H19N3O2. The summed E-state index contributed by atoms with van der Waals surface area (Å²) in [7, 11) is 1.98. The van der Waals surface area contributed by atoms with E-state index in [9.17, 15) is 9.59 Å². The second kappa shape index (κ2) is 8.65. The second-order valence-electron chi connectivity index (χ2n) is 3.16. The molecule has 5 heteroatoms. The SMILES string of the molecule is CC(=O)NCCN(C)CCNCC=O. The van der Waals surface area contributed by atoms with E-state index in [-0.39, 0.29) is 5.91 Å². The lowest BCUT2D eigenvalue weighted by atomic mass is 10.5. The van der Waals surface area contributed by atoms with E-state index < -0.39 is 0 Å². The van der Waals surface area contributed by atoms with Crippen LogP contribution in [0, 0.1) is 0 Å².